The lowest BCUT2D eigenvalue weighted by atomic mass is 10.0. The summed E-state index contributed by atoms with van der Waals surface area (Å²) in [6.45, 7) is 4.19. The maximum Gasteiger partial charge on any atom is 0.294 e. The van der Waals surface area contributed by atoms with Crippen molar-refractivity contribution in [3.8, 4) is 0 Å². The van der Waals surface area contributed by atoms with E-state index in [2.05, 4.69) is 30.4 Å². The van der Waals surface area contributed by atoms with Crippen molar-refractivity contribution in [1.82, 2.24) is 10.2 Å². The molecule has 140 valence electrons. The van der Waals surface area contributed by atoms with Gasteiger partial charge in [-0.2, -0.15) is 0 Å². The highest BCUT2D eigenvalue weighted by Gasteiger charge is 2.33. The third-order valence-corrected chi connectivity index (χ3v) is 5.82. The van der Waals surface area contributed by atoms with Crippen molar-refractivity contribution in [2.24, 2.45) is 10.9 Å². The maximum absolute atomic E-state index is 6.37. The SMILES string of the molecule is CC1Cc2c(Cl)cccc2C1N=C1OCCN1C(=S)NCc1ccccc1. The van der Waals surface area contributed by atoms with Gasteiger partial charge in [-0.15, -0.1) is 0 Å². The number of fused-ring (bicyclic) bond motifs is 1. The monoisotopic (exact) mass is 399 g/mol. The smallest absolute Gasteiger partial charge is 0.294 e. The molecular weight excluding hydrogens is 378 g/mol. The Morgan fingerprint density at radius 2 is 2.07 bits per heavy atom. The number of benzene rings is 2. The van der Waals surface area contributed by atoms with Crippen molar-refractivity contribution in [3.05, 3.63) is 70.2 Å². The quantitative estimate of drug-likeness (QED) is 0.779. The Kier molecular flexibility index (Phi) is 5.32. The van der Waals surface area contributed by atoms with Crippen molar-refractivity contribution >= 4 is 35.0 Å². The van der Waals surface area contributed by atoms with Crippen LogP contribution in [0.3, 0.4) is 0 Å². The number of hydrogen-bond donors (Lipinski definition) is 1. The Balaban J connectivity index is 1.50. The molecule has 0 amide bonds. The van der Waals surface area contributed by atoms with Crippen LogP contribution in [0.5, 0.6) is 0 Å². The van der Waals surface area contributed by atoms with E-state index in [1.165, 1.54) is 16.7 Å². The van der Waals surface area contributed by atoms with Gasteiger partial charge >= 0.3 is 0 Å². The van der Waals surface area contributed by atoms with Crippen molar-refractivity contribution in [2.75, 3.05) is 13.2 Å². The number of ether oxygens (including phenoxy) is 1. The van der Waals surface area contributed by atoms with Crippen LogP contribution in [0.15, 0.2) is 53.5 Å². The summed E-state index contributed by atoms with van der Waals surface area (Å²) in [5, 5.41) is 4.78. The second-order valence-corrected chi connectivity index (χ2v) is 7.78. The summed E-state index contributed by atoms with van der Waals surface area (Å²) in [7, 11) is 0. The van der Waals surface area contributed by atoms with E-state index < -0.39 is 0 Å². The molecule has 2 aromatic rings. The van der Waals surface area contributed by atoms with Crippen LogP contribution in [0, 0.1) is 5.92 Å². The lowest BCUT2D eigenvalue weighted by Crippen LogP contribution is -2.40. The first kappa shape index (κ1) is 18.3. The van der Waals surface area contributed by atoms with Gasteiger partial charge in [0, 0.05) is 11.6 Å². The zero-order valence-electron chi connectivity index (χ0n) is 15.2. The molecule has 1 aliphatic carbocycles. The number of rotatable bonds is 3. The topological polar surface area (TPSA) is 36.9 Å². The zero-order chi connectivity index (χ0) is 18.8. The summed E-state index contributed by atoms with van der Waals surface area (Å²) in [5.41, 5.74) is 3.59. The van der Waals surface area contributed by atoms with Crippen molar-refractivity contribution < 1.29 is 4.74 Å². The fourth-order valence-electron chi connectivity index (χ4n) is 3.69. The Morgan fingerprint density at radius 1 is 1.26 bits per heavy atom. The molecule has 1 saturated heterocycles. The maximum atomic E-state index is 6.37. The fourth-order valence-corrected chi connectivity index (χ4v) is 4.19. The van der Waals surface area contributed by atoms with Crippen LogP contribution in [0.25, 0.3) is 0 Å². The van der Waals surface area contributed by atoms with Crippen molar-refractivity contribution in [1.29, 1.82) is 0 Å². The van der Waals surface area contributed by atoms with E-state index in [1.807, 2.05) is 35.2 Å². The van der Waals surface area contributed by atoms with E-state index in [0.29, 0.717) is 36.7 Å². The van der Waals surface area contributed by atoms with E-state index in [9.17, 15) is 0 Å². The van der Waals surface area contributed by atoms with Gasteiger partial charge in [-0.05, 0) is 47.3 Å². The zero-order valence-corrected chi connectivity index (χ0v) is 16.8. The molecule has 27 heavy (non-hydrogen) atoms. The summed E-state index contributed by atoms with van der Waals surface area (Å²) in [6, 6.07) is 16.9. The Hall–Kier alpha value is -2.11. The summed E-state index contributed by atoms with van der Waals surface area (Å²) in [6.07, 6.45) is 0.938. The Morgan fingerprint density at radius 3 is 2.89 bits per heavy atom. The predicted octanol–water partition coefficient (Wildman–Crippen LogP) is 4.34. The van der Waals surface area contributed by atoms with Gasteiger partial charge in [-0.25, -0.2) is 4.99 Å². The second-order valence-electron chi connectivity index (χ2n) is 6.99. The molecule has 1 fully saturated rings. The van der Waals surface area contributed by atoms with Crippen LogP contribution < -0.4 is 5.32 Å². The van der Waals surface area contributed by atoms with E-state index in [1.54, 1.807) is 0 Å². The first-order valence-electron chi connectivity index (χ1n) is 9.20. The number of hydrogen-bond acceptors (Lipinski definition) is 3. The van der Waals surface area contributed by atoms with Crippen LogP contribution >= 0.6 is 23.8 Å². The Bertz CT molecular complexity index is 871. The molecular formula is C21H22ClN3OS. The summed E-state index contributed by atoms with van der Waals surface area (Å²) >= 11 is 12.0. The van der Waals surface area contributed by atoms with Gasteiger partial charge in [0.25, 0.3) is 6.02 Å². The molecule has 1 N–H and O–H groups in total. The molecule has 0 spiro atoms. The summed E-state index contributed by atoms with van der Waals surface area (Å²) < 4.78 is 5.81. The van der Waals surface area contributed by atoms with Crippen LogP contribution in [0.1, 0.15) is 29.7 Å². The molecule has 4 rings (SSSR count). The highest BCUT2D eigenvalue weighted by Crippen LogP contribution is 2.42. The van der Waals surface area contributed by atoms with Crippen LogP contribution in [-0.4, -0.2) is 29.2 Å². The lowest BCUT2D eigenvalue weighted by Gasteiger charge is -2.20. The largest absolute Gasteiger partial charge is 0.463 e. The molecule has 4 nitrogen and oxygen atoms in total. The third-order valence-electron chi connectivity index (χ3n) is 5.10. The third kappa shape index (κ3) is 3.80. The molecule has 2 atom stereocenters. The van der Waals surface area contributed by atoms with E-state index in [4.69, 9.17) is 33.5 Å². The minimum atomic E-state index is 0.0474. The van der Waals surface area contributed by atoms with Gasteiger partial charge in [-0.3, -0.25) is 4.90 Å². The molecule has 6 heteroatoms. The van der Waals surface area contributed by atoms with Gasteiger partial charge in [0.15, 0.2) is 5.11 Å². The lowest BCUT2D eigenvalue weighted by molar-refractivity contribution is 0.345. The first-order valence-corrected chi connectivity index (χ1v) is 9.99. The number of nitrogens with one attached hydrogen (secondary N) is 1. The van der Waals surface area contributed by atoms with Crippen molar-refractivity contribution in [2.45, 2.75) is 25.9 Å². The summed E-state index contributed by atoms with van der Waals surface area (Å²) in [4.78, 5) is 6.88. The molecule has 0 bridgehead atoms. The number of thiocarbonyl (C=S) groups is 1. The summed E-state index contributed by atoms with van der Waals surface area (Å²) in [5.74, 6) is 0.379. The molecule has 1 aliphatic heterocycles. The van der Waals surface area contributed by atoms with Gasteiger partial charge in [0.2, 0.25) is 0 Å². The van der Waals surface area contributed by atoms with Crippen LogP contribution in [0.4, 0.5) is 0 Å². The molecule has 0 aromatic heterocycles. The fraction of sp³-hybridized carbons (Fsp3) is 0.333. The minimum absolute atomic E-state index is 0.0474. The first-order chi connectivity index (χ1) is 13.1. The number of amidine groups is 1. The highest BCUT2D eigenvalue weighted by molar-refractivity contribution is 7.80. The normalized spacial score (nSPS) is 22.6. The van der Waals surface area contributed by atoms with E-state index in [-0.39, 0.29) is 6.04 Å². The van der Waals surface area contributed by atoms with Gasteiger partial charge in [0.05, 0.1) is 12.6 Å². The van der Waals surface area contributed by atoms with Gasteiger partial charge < -0.3 is 10.1 Å². The van der Waals surface area contributed by atoms with Crippen LogP contribution in [-0.2, 0) is 17.7 Å². The average Bonchev–Trinajstić information content (AvgIpc) is 3.27. The predicted molar refractivity (Wildman–Crippen MR) is 113 cm³/mol. The molecule has 1 heterocycles. The Labute approximate surface area is 170 Å². The van der Waals surface area contributed by atoms with Gasteiger partial charge in [0.1, 0.15) is 6.61 Å². The number of halogens is 1. The average molecular weight is 400 g/mol. The molecule has 0 radical (unpaired) electrons. The van der Waals surface area contributed by atoms with Crippen LogP contribution in [0.2, 0.25) is 5.02 Å². The molecule has 2 aromatic carbocycles. The second kappa shape index (κ2) is 7.87. The minimum Gasteiger partial charge on any atom is -0.463 e. The van der Waals surface area contributed by atoms with E-state index in [0.717, 1.165) is 11.4 Å². The van der Waals surface area contributed by atoms with E-state index >= 15 is 0 Å². The number of aliphatic imine (C=N–C) groups is 1. The molecule has 2 unspecified atom stereocenters. The molecule has 0 saturated carbocycles. The highest BCUT2D eigenvalue weighted by atomic mass is 35.5. The van der Waals surface area contributed by atoms with Gasteiger partial charge in [-0.1, -0.05) is 61.0 Å². The number of nitrogens with zero attached hydrogens (tertiary/aromatic N) is 2. The standard InChI is InChI=1S/C21H22ClN3OS/c1-14-12-17-16(8-5-9-18(17)22)19(14)24-20-25(10-11-26-20)21(27)23-13-15-6-3-2-4-7-15/h2-9,14,19H,10-13H2,1H3,(H,23,27). The van der Waals surface area contributed by atoms with Crippen molar-refractivity contribution in [3.63, 3.8) is 0 Å². The molecule has 2 aliphatic rings.